The third kappa shape index (κ3) is 3.25. The molecule has 0 radical (unpaired) electrons. The molecule has 1 atom stereocenters. The van der Waals surface area contributed by atoms with Gasteiger partial charge in [0.05, 0.1) is 34.3 Å². The second kappa shape index (κ2) is 7.75. The Labute approximate surface area is 178 Å². The van der Waals surface area contributed by atoms with Crippen molar-refractivity contribution in [2.75, 3.05) is 7.11 Å². The Hall–Kier alpha value is -2.87. The molecule has 1 aromatic heterocycles. The van der Waals surface area contributed by atoms with E-state index >= 15 is 0 Å². The SMILES string of the molecule is COc1ccc(C2C(C(=O)c3sc(C)nc3C)=C(O)C(=O)N2C2CCCC2)cc1O. The Balaban J connectivity index is 1.85. The molecule has 1 fully saturated rings. The van der Waals surface area contributed by atoms with E-state index in [1.54, 1.807) is 24.0 Å². The van der Waals surface area contributed by atoms with E-state index in [1.165, 1.54) is 24.5 Å². The van der Waals surface area contributed by atoms with Crippen molar-refractivity contribution in [1.82, 2.24) is 9.88 Å². The van der Waals surface area contributed by atoms with Gasteiger partial charge in [0, 0.05) is 6.04 Å². The van der Waals surface area contributed by atoms with Gasteiger partial charge in [0.1, 0.15) is 0 Å². The summed E-state index contributed by atoms with van der Waals surface area (Å²) in [6, 6.07) is 3.97. The van der Waals surface area contributed by atoms with Gasteiger partial charge < -0.3 is 19.8 Å². The van der Waals surface area contributed by atoms with Crippen LogP contribution in [0.25, 0.3) is 0 Å². The Morgan fingerprint density at radius 1 is 1.23 bits per heavy atom. The van der Waals surface area contributed by atoms with E-state index < -0.39 is 23.5 Å². The summed E-state index contributed by atoms with van der Waals surface area (Å²) in [5, 5.41) is 21.9. The van der Waals surface area contributed by atoms with Crippen LogP contribution in [-0.4, -0.2) is 44.9 Å². The third-order valence-electron chi connectivity index (χ3n) is 5.83. The van der Waals surface area contributed by atoms with Crippen LogP contribution in [-0.2, 0) is 4.79 Å². The Kier molecular flexibility index (Phi) is 5.27. The molecular formula is C22H24N2O5S. The lowest BCUT2D eigenvalue weighted by molar-refractivity contribution is -0.131. The first-order valence-electron chi connectivity index (χ1n) is 9.95. The molecule has 7 nitrogen and oxygen atoms in total. The summed E-state index contributed by atoms with van der Waals surface area (Å²) in [7, 11) is 1.45. The number of phenolic OH excluding ortho intramolecular Hbond substituents is 1. The standard InChI is InChI=1S/C22H24N2O5S/c1-11-21(30-12(2)23-11)19(26)17-18(13-8-9-16(29-3)15(25)10-13)24(22(28)20(17)27)14-6-4-5-7-14/h8-10,14,18,25,27H,4-7H2,1-3H3. The summed E-state index contributed by atoms with van der Waals surface area (Å²) in [4.78, 5) is 32.9. The maximum Gasteiger partial charge on any atom is 0.290 e. The number of hydrogen-bond donors (Lipinski definition) is 2. The lowest BCUT2D eigenvalue weighted by Gasteiger charge is -2.32. The molecule has 2 N–H and O–H groups in total. The fraction of sp³-hybridized carbons (Fsp3) is 0.409. The van der Waals surface area contributed by atoms with E-state index in [-0.39, 0.29) is 17.4 Å². The average molecular weight is 429 g/mol. The fourth-order valence-electron chi connectivity index (χ4n) is 4.48. The minimum Gasteiger partial charge on any atom is -0.504 e. The van der Waals surface area contributed by atoms with Crippen molar-refractivity contribution in [1.29, 1.82) is 0 Å². The highest BCUT2D eigenvalue weighted by Crippen LogP contribution is 2.45. The van der Waals surface area contributed by atoms with Crippen LogP contribution in [0.15, 0.2) is 29.5 Å². The highest BCUT2D eigenvalue weighted by molar-refractivity contribution is 7.14. The lowest BCUT2D eigenvalue weighted by Crippen LogP contribution is -2.38. The van der Waals surface area contributed by atoms with Crippen molar-refractivity contribution < 1.29 is 24.5 Å². The van der Waals surface area contributed by atoms with Crippen molar-refractivity contribution in [2.24, 2.45) is 0 Å². The number of thiazole rings is 1. The first kappa shape index (κ1) is 20.4. The number of carbonyl (C=O) groups excluding carboxylic acids is 2. The van der Waals surface area contributed by atoms with Gasteiger partial charge in [-0.25, -0.2) is 4.98 Å². The van der Waals surface area contributed by atoms with Crippen LogP contribution in [0.1, 0.15) is 57.7 Å². The number of ether oxygens (including phenoxy) is 1. The molecule has 0 bridgehead atoms. The van der Waals surface area contributed by atoms with Gasteiger partial charge in [-0.3, -0.25) is 9.59 Å². The smallest absolute Gasteiger partial charge is 0.290 e. The number of aromatic nitrogens is 1. The van der Waals surface area contributed by atoms with Crippen LogP contribution in [0.3, 0.4) is 0 Å². The number of benzene rings is 1. The zero-order chi connectivity index (χ0) is 21.6. The van der Waals surface area contributed by atoms with E-state index in [9.17, 15) is 19.8 Å². The summed E-state index contributed by atoms with van der Waals surface area (Å²) in [5.74, 6) is -1.24. The van der Waals surface area contributed by atoms with Gasteiger partial charge in [-0.15, -0.1) is 11.3 Å². The monoisotopic (exact) mass is 428 g/mol. The van der Waals surface area contributed by atoms with Crippen LogP contribution in [0.5, 0.6) is 11.5 Å². The quantitative estimate of drug-likeness (QED) is 0.699. The number of carbonyl (C=O) groups is 2. The van der Waals surface area contributed by atoms with Crippen LogP contribution < -0.4 is 4.74 Å². The summed E-state index contributed by atoms with van der Waals surface area (Å²) >= 11 is 1.25. The van der Waals surface area contributed by atoms with E-state index in [2.05, 4.69) is 4.98 Å². The molecular weight excluding hydrogens is 404 g/mol. The van der Waals surface area contributed by atoms with E-state index in [1.807, 2.05) is 6.92 Å². The molecule has 1 saturated carbocycles. The van der Waals surface area contributed by atoms with Crippen molar-refractivity contribution in [3.8, 4) is 11.5 Å². The van der Waals surface area contributed by atoms with Crippen LogP contribution in [0.2, 0.25) is 0 Å². The number of rotatable bonds is 5. The summed E-state index contributed by atoms with van der Waals surface area (Å²) < 4.78 is 5.13. The number of aliphatic hydroxyl groups is 1. The molecule has 1 unspecified atom stereocenters. The largest absolute Gasteiger partial charge is 0.504 e. The maximum absolute atomic E-state index is 13.5. The van der Waals surface area contributed by atoms with Crippen molar-refractivity contribution in [3.05, 3.63) is 50.7 Å². The number of Topliss-reactive ketones (excluding diaryl/α,β-unsaturated/α-hetero) is 1. The minimum absolute atomic E-state index is 0.0446. The number of aryl methyl sites for hydroxylation is 2. The molecule has 1 aliphatic carbocycles. The van der Waals surface area contributed by atoms with Gasteiger partial charge in [-0.1, -0.05) is 18.9 Å². The molecule has 8 heteroatoms. The van der Waals surface area contributed by atoms with Gasteiger partial charge in [-0.2, -0.15) is 0 Å². The highest BCUT2D eigenvalue weighted by Gasteiger charge is 2.47. The molecule has 4 rings (SSSR count). The van der Waals surface area contributed by atoms with Crippen LogP contribution in [0.4, 0.5) is 0 Å². The molecule has 0 saturated heterocycles. The number of methoxy groups -OCH3 is 1. The van der Waals surface area contributed by atoms with Gasteiger partial charge in [-0.05, 0) is 44.4 Å². The molecule has 1 amide bonds. The fourth-order valence-corrected chi connectivity index (χ4v) is 5.36. The Bertz CT molecular complexity index is 1050. The molecule has 2 aromatic rings. The number of ketones is 1. The van der Waals surface area contributed by atoms with Gasteiger partial charge in [0.15, 0.2) is 17.3 Å². The first-order valence-corrected chi connectivity index (χ1v) is 10.8. The number of aromatic hydroxyl groups is 1. The number of aliphatic hydroxyl groups excluding tert-OH is 1. The maximum atomic E-state index is 13.5. The Morgan fingerprint density at radius 2 is 1.93 bits per heavy atom. The zero-order valence-electron chi connectivity index (χ0n) is 17.1. The Morgan fingerprint density at radius 3 is 2.50 bits per heavy atom. The van der Waals surface area contributed by atoms with E-state index in [4.69, 9.17) is 4.74 Å². The summed E-state index contributed by atoms with van der Waals surface area (Å²) in [5.41, 5.74) is 1.17. The minimum atomic E-state index is -0.772. The molecule has 2 aliphatic rings. The lowest BCUT2D eigenvalue weighted by atomic mass is 9.94. The average Bonchev–Trinajstić information content (AvgIpc) is 3.41. The zero-order valence-corrected chi connectivity index (χ0v) is 18.0. The van der Waals surface area contributed by atoms with Crippen molar-refractivity contribution in [3.63, 3.8) is 0 Å². The highest BCUT2D eigenvalue weighted by atomic mass is 32.1. The van der Waals surface area contributed by atoms with Gasteiger partial charge >= 0.3 is 0 Å². The molecule has 0 spiro atoms. The number of phenols is 1. The third-order valence-corrected chi connectivity index (χ3v) is 6.91. The molecule has 1 aromatic carbocycles. The van der Waals surface area contributed by atoms with E-state index in [0.717, 1.165) is 30.7 Å². The summed E-state index contributed by atoms with van der Waals surface area (Å²) in [6.45, 7) is 3.56. The number of hydrogen-bond acceptors (Lipinski definition) is 7. The van der Waals surface area contributed by atoms with Gasteiger partial charge in [0.2, 0.25) is 5.78 Å². The number of amides is 1. The molecule has 2 heterocycles. The second-order valence-electron chi connectivity index (χ2n) is 7.72. The van der Waals surface area contributed by atoms with E-state index in [0.29, 0.717) is 21.9 Å². The topological polar surface area (TPSA) is 100.0 Å². The second-order valence-corrected chi connectivity index (χ2v) is 8.93. The molecule has 158 valence electrons. The van der Waals surface area contributed by atoms with Gasteiger partial charge in [0.25, 0.3) is 5.91 Å². The summed E-state index contributed by atoms with van der Waals surface area (Å²) in [6.07, 6.45) is 3.62. The predicted octanol–water partition coefficient (Wildman–Crippen LogP) is 4.00. The number of nitrogens with zero attached hydrogens (tertiary/aromatic N) is 2. The van der Waals surface area contributed by atoms with Crippen LogP contribution in [0, 0.1) is 13.8 Å². The van der Waals surface area contributed by atoms with Crippen molar-refractivity contribution >= 4 is 23.0 Å². The predicted molar refractivity (Wildman–Crippen MR) is 112 cm³/mol. The van der Waals surface area contributed by atoms with Crippen molar-refractivity contribution in [2.45, 2.75) is 51.6 Å². The molecule has 30 heavy (non-hydrogen) atoms. The van der Waals surface area contributed by atoms with Crippen LogP contribution >= 0.6 is 11.3 Å². The normalized spacial score (nSPS) is 19.8. The first-order chi connectivity index (χ1) is 14.3. The molecule has 1 aliphatic heterocycles.